The lowest BCUT2D eigenvalue weighted by Gasteiger charge is -2.23. The SMILES string of the molecule is COc1cc(CNC2CCCCC2)ccc1OCc1ccccc1C.Cl. The van der Waals surface area contributed by atoms with Crippen LogP contribution in [0.4, 0.5) is 0 Å². The summed E-state index contributed by atoms with van der Waals surface area (Å²) in [7, 11) is 1.70. The van der Waals surface area contributed by atoms with E-state index in [4.69, 9.17) is 9.47 Å². The van der Waals surface area contributed by atoms with Crippen LogP contribution in [0, 0.1) is 6.92 Å². The van der Waals surface area contributed by atoms with Gasteiger partial charge in [-0.1, -0.05) is 49.6 Å². The second kappa shape index (κ2) is 10.4. The zero-order chi connectivity index (χ0) is 17.5. The molecule has 3 nitrogen and oxygen atoms in total. The molecule has 1 aliphatic carbocycles. The second-order valence-corrected chi connectivity index (χ2v) is 6.92. The van der Waals surface area contributed by atoms with E-state index in [1.54, 1.807) is 7.11 Å². The molecule has 3 rings (SSSR count). The predicted molar refractivity (Wildman–Crippen MR) is 109 cm³/mol. The van der Waals surface area contributed by atoms with Crippen molar-refractivity contribution in [3.63, 3.8) is 0 Å². The molecule has 0 heterocycles. The van der Waals surface area contributed by atoms with Crippen molar-refractivity contribution in [3.05, 3.63) is 59.2 Å². The monoisotopic (exact) mass is 375 g/mol. The Balaban J connectivity index is 0.00000243. The third-order valence-corrected chi connectivity index (χ3v) is 5.07. The third kappa shape index (κ3) is 5.65. The van der Waals surface area contributed by atoms with Gasteiger partial charge in [0.15, 0.2) is 11.5 Å². The van der Waals surface area contributed by atoms with E-state index in [0.29, 0.717) is 12.6 Å². The molecule has 2 aromatic rings. The van der Waals surface area contributed by atoms with Crippen molar-refractivity contribution >= 4 is 12.4 Å². The van der Waals surface area contributed by atoms with Gasteiger partial charge in [-0.05, 0) is 48.6 Å². The average molecular weight is 376 g/mol. The standard InChI is InChI=1S/C22H29NO2.ClH/c1-17-8-6-7-9-19(17)16-25-21-13-12-18(14-22(21)24-2)15-23-20-10-4-3-5-11-20;/h6-9,12-14,20,23H,3-5,10-11,15-16H2,1-2H3;1H. The van der Waals surface area contributed by atoms with E-state index in [-0.39, 0.29) is 12.4 Å². The van der Waals surface area contributed by atoms with Gasteiger partial charge in [-0.2, -0.15) is 0 Å². The third-order valence-electron chi connectivity index (χ3n) is 5.07. The van der Waals surface area contributed by atoms with Gasteiger partial charge in [0.25, 0.3) is 0 Å². The Morgan fingerprint density at radius 3 is 2.50 bits per heavy atom. The highest BCUT2D eigenvalue weighted by Gasteiger charge is 2.13. The number of rotatable bonds is 7. The largest absolute Gasteiger partial charge is 0.493 e. The van der Waals surface area contributed by atoms with Crippen molar-refractivity contribution in [2.45, 2.75) is 58.2 Å². The zero-order valence-electron chi connectivity index (χ0n) is 15.8. The lowest BCUT2D eigenvalue weighted by atomic mass is 9.95. The first-order valence-electron chi connectivity index (χ1n) is 9.34. The van der Waals surface area contributed by atoms with Gasteiger partial charge in [0.05, 0.1) is 7.11 Å². The molecule has 0 aliphatic heterocycles. The molecule has 0 atom stereocenters. The van der Waals surface area contributed by atoms with Crippen LogP contribution in [-0.2, 0) is 13.2 Å². The number of hydrogen-bond donors (Lipinski definition) is 1. The number of halogens is 1. The summed E-state index contributed by atoms with van der Waals surface area (Å²) in [5, 5.41) is 3.68. The first-order chi connectivity index (χ1) is 12.3. The Hall–Kier alpha value is -1.71. The van der Waals surface area contributed by atoms with Gasteiger partial charge >= 0.3 is 0 Å². The molecule has 1 aliphatic rings. The summed E-state index contributed by atoms with van der Waals surface area (Å²) in [5.41, 5.74) is 3.69. The molecule has 0 unspecified atom stereocenters. The Morgan fingerprint density at radius 2 is 1.77 bits per heavy atom. The Morgan fingerprint density at radius 1 is 1.00 bits per heavy atom. The summed E-state index contributed by atoms with van der Waals surface area (Å²) >= 11 is 0. The molecular formula is C22H30ClNO2. The quantitative estimate of drug-likeness (QED) is 0.700. The fraction of sp³-hybridized carbons (Fsp3) is 0.455. The maximum absolute atomic E-state index is 6.00. The van der Waals surface area contributed by atoms with Crippen LogP contribution in [0.1, 0.15) is 48.8 Å². The second-order valence-electron chi connectivity index (χ2n) is 6.92. The van der Waals surface area contributed by atoms with Crippen LogP contribution in [0.25, 0.3) is 0 Å². The number of ether oxygens (including phenoxy) is 2. The van der Waals surface area contributed by atoms with Crippen molar-refractivity contribution in [3.8, 4) is 11.5 Å². The minimum Gasteiger partial charge on any atom is -0.493 e. The Kier molecular flexibility index (Phi) is 8.27. The zero-order valence-corrected chi connectivity index (χ0v) is 16.6. The smallest absolute Gasteiger partial charge is 0.161 e. The van der Waals surface area contributed by atoms with Crippen molar-refractivity contribution in [1.82, 2.24) is 5.32 Å². The molecule has 1 fully saturated rings. The maximum atomic E-state index is 6.00. The molecule has 4 heteroatoms. The number of benzene rings is 2. The maximum Gasteiger partial charge on any atom is 0.161 e. The van der Waals surface area contributed by atoms with Crippen LogP contribution in [0.2, 0.25) is 0 Å². The van der Waals surface area contributed by atoms with Crippen LogP contribution in [0.5, 0.6) is 11.5 Å². The van der Waals surface area contributed by atoms with Gasteiger partial charge in [0.1, 0.15) is 6.61 Å². The molecule has 0 amide bonds. The van der Waals surface area contributed by atoms with Gasteiger partial charge in [-0.3, -0.25) is 0 Å². The van der Waals surface area contributed by atoms with Crippen molar-refractivity contribution in [1.29, 1.82) is 0 Å². The average Bonchev–Trinajstić information content (AvgIpc) is 2.67. The van der Waals surface area contributed by atoms with E-state index in [1.807, 2.05) is 18.2 Å². The minimum absolute atomic E-state index is 0. The number of hydrogen-bond acceptors (Lipinski definition) is 3. The molecule has 0 radical (unpaired) electrons. The van der Waals surface area contributed by atoms with Gasteiger partial charge in [-0.25, -0.2) is 0 Å². The molecule has 2 aromatic carbocycles. The lowest BCUT2D eigenvalue weighted by Crippen LogP contribution is -2.30. The van der Waals surface area contributed by atoms with Crippen LogP contribution in [-0.4, -0.2) is 13.2 Å². The summed E-state index contributed by atoms with van der Waals surface area (Å²) in [6.07, 6.45) is 6.70. The highest BCUT2D eigenvalue weighted by Crippen LogP contribution is 2.29. The molecule has 0 spiro atoms. The number of nitrogens with one attached hydrogen (secondary N) is 1. The fourth-order valence-corrected chi connectivity index (χ4v) is 3.44. The minimum atomic E-state index is 0. The van der Waals surface area contributed by atoms with E-state index >= 15 is 0 Å². The van der Waals surface area contributed by atoms with Crippen molar-refractivity contribution in [2.75, 3.05) is 7.11 Å². The van der Waals surface area contributed by atoms with Gasteiger partial charge in [0, 0.05) is 12.6 Å². The lowest BCUT2D eigenvalue weighted by molar-refractivity contribution is 0.283. The molecule has 0 bridgehead atoms. The van der Waals surface area contributed by atoms with E-state index in [0.717, 1.165) is 18.0 Å². The fourth-order valence-electron chi connectivity index (χ4n) is 3.44. The highest BCUT2D eigenvalue weighted by molar-refractivity contribution is 5.85. The highest BCUT2D eigenvalue weighted by atomic mass is 35.5. The van der Waals surface area contributed by atoms with E-state index in [9.17, 15) is 0 Å². The number of aryl methyl sites for hydroxylation is 1. The van der Waals surface area contributed by atoms with Gasteiger partial charge in [-0.15, -0.1) is 12.4 Å². The summed E-state index contributed by atoms with van der Waals surface area (Å²) in [6.45, 7) is 3.55. The van der Waals surface area contributed by atoms with Crippen LogP contribution < -0.4 is 14.8 Å². The summed E-state index contributed by atoms with van der Waals surface area (Å²) in [4.78, 5) is 0. The summed E-state index contributed by atoms with van der Waals surface area (Å²) in [5.74, 6) is 1.60. The normalized spacial score (nSPS) is 14.5. The molecule has 0 aromatic heterocycles. The Labute approximate surface area is 163 Å². The van der Waals surface area contributed by atoms with Crippen molar-refractivity contribution in [2.24, 2.45) is 0 Å². The molecule has 1 saturated carbocycles. The first kappa shape index (κ1) is 20.6. The number of methoxy groups -OCH3 is 1. The molecular weight excluding hydrogens is 346 g/mol. The molecule has 0 saturated heterocycles. The van der Waals surface area contributed by atoms with E-state index < -0.39 is 0 Å². The first-order valence-corrected chi connectivity index (χ1v) is 9.34. The van der Waals surface area contributed by atoms with Crippen molar-refractivity contribution < 1.29 is 9.47 Å². The van der Waals surface area contributed by atoms with Crippen LogP contribution in [0.3, 0.4) is 0 Å². The molecule has 142 valence electrons. The van der Waals surface area contributed by atoms with Gasteiger partial charge in [0.2, 0.25) is 0 Å². The Bertz CT molecular complexity index is 684. The van der Waals surface area contributed by atoms with Gasteiger partial charge < -0.3 is 14.8 Å². The molecule has 26 heavy (non-hydrogen) atoms. The van der Waals surface area contributed by atoms with Crippen LogP contribution in [0.15, 0.2) is 42.5 Å². The molecule has 1 N–H and O–H groups in total. The predicted octanol–water partition coefficient (Wildman–Crippen LogP) is 5.43. The summed E-state index contributed by atoms with van der Waals surface area (Å²) in [6, 6.07) is 15.2. The van der Waals surface area contributed by atoms with Crippen LogP contribution >= 0.6 is 12.4 Å². The summed E-state index contributed by atoms with van der Waals surface area (Å²) < 4.78 is 11.5. The van der Waals surface area contributed by atoms with E-state index in [2.05, 4.69) is 36.5 Å². The topological polar surface area (TPSA) is 30.5 Å². The van der Waals surface area contributed by atoms with E-state index in [1.165, 1.54) is 48.8 Å².